The molecule has 0 radical (unpaired) electrons. The fourth-order valence-electron chi connectivity index (χ4n) is 1.81. The summed E-state index contributed by atoms with van der Waals surface area (Å²) in [5.74, 6) is 0.925. The Bertz CT molecular complexity index is 477. The first-order chi connectivity index (χ1) is 8.33. The number of hydrogen-bond acceptors (Lipinski definition) is 2. The minimum Gasteiger partial charge on any atom is -0.496 e. The van der Waals surface area contributed by atoms with Crippen LogP contribution in [0.15, 0.2) is 42.6 Å². The van der Waals surface area contributed by atoms with Crippen LogP contribution in [0, 0.1) is 0 Å². The SMILES string of the molecule is CCc1ccc(Cc2ccccc2OC)nc1. The lowest BCUT2D eigenvalue weighted by Gasteiger charge is -2.07. The van der Waals surface area contributed by atoms with Crippen LogP contribution >= 0.6 is 0 Å². The molecular formula is C15H17NO. The van der Waals surface area contributed by atoms with Crippen LogP contribution in [-0.2, 0) is 12.8 Å². The monoisotopic (exact) mass is 227 g/mol. The van der Waals surface area contributed by atoms with Gasteiger partial charge in [-0.3, -0.25) is 4.98 Å². The van der Waals surface area contributed by atoms with Crippen molar-refractivity contribution in [3.8, 4) is 5.75 Å². The van der Waals surface area contributed by atoms with Crippen LogP contribution in [0.4, 0.5) is 0 Å². The van der Waals surface area contributed by atoms with Gasteiger partial charge in [0, 0.05) is 23.9 Å². The van der Waals surface area contributed by atoms with Gasteiger partial charge >= 0.3 is 0 Å². The molecule has 0 atom stereocenters. The number of methoxy groups -OCH3 is 1. The summed E-state index contributed by atoms with van der Waals surface area (Å²) >= 11 is 0. The van der Waals surface area contributed by atoms with Crippen molar-refractivity contribution in [2.45, 2.75) is 19.8 Å². The molecule has 0 amide bonds. The quantitative estimate of drug-likeness (QED) is 0.800. The van der Waals surface area contributed by atoms with Gasteiger partial charge in [0.2, 0.25) is 0 Å². The van der Waals surface area contributed by atoms with E-state index in [0.717, 1.165) is 24.3 Å². The van der Waals surface area contributed by atoms with E-state index in [1.807, 2.05) is 24.4 Å². The van der Waals surface area contributed by atoms with Crippen molar-refractivity contribution in [2.75, 3.05) is 7.11 Å². The number of benzene rings is 1. The Balaban J connectivity index is 2.19. The Labute approximate surface area is 102 Å². The van der Waals surface area contributed by atoms with Crippen LogP contribution in [0.1, 0.15) is 23.7 Å². The van der Waals surface area contributed by atoms with Crippen molar-refractivity contribution in [2.24, 2.45) is 0 Å². The second-order valence-corrected chi connectivity index (χ2v) is 4.00. The van der Waals surface area contributed by atoms with Gasteiger partial charge in [-0.25, -0.2) is 0 Å². The van der Waals surface area contributed by atoms with Gasteiger partial charge in [0.25, 0.3) is 0 Å². The lowest BCUT2D eigenvalue weighted by molar-refractivity contribution is 0.410. The third-order valence-electron chi connectivity index (χ3n) is 2.86. The summed E-state index contributed by atoms with van der Waals surface area (Å²) in [5.41, 5.74) is 3.52. The van der Waals surface area contributed by atoms with E-state index in [-0.39, 0.29) is 0 Å². The lowest BCUT2D eigenvalue weighted by atomic mass is 10.1. The molecule has 88 valence electrons. The van der Waals surface area contributed by atoms with Crippen molar-refractivity contribution in [1.82, 2.24) is 4.98 Å². The molecule has 2 heteroatoms. The van der Waals surface area contributed by atoms with Gasteiger partial charge < -0.3 is 4.74 Å². The van der Waals surface area contributed by atoms with Crippen molar-refractivity contribution in [1.29, 1.82) is 0 Å². The molecular weight excluding hydrogens is 210 g/mol. The molecule has 0 unspecified atom stereocenters. The minimum absolute atomic E-state index is 0.813. The maximum atomic E-state index is 5.33. The summed E-state index contributed by atoms with van der Waals surface area (Å²) in [6.45, 7) is 2.14. The number of hydrogen-bond donors (Lipinski definition) is 0. The molecule has 1 aromatic carbocycles. The molecule has 0 aliphatic rings. The van der Waals surface area contributed by atoms with Gasteiger partial charge in [-0.2, -0.15) is 0 Å². The molecule has 2 nitrogen and oxygen atoms in total. The van der Waals surface area contributed by atoms with E-state index in [2.05, 4.69) is 30.1 Å². The highest BCUT2D eigenvalue weighted by atomic mass is 16.5. The number of rotatable bonds is 4. The summed E-state index contributed by atoms with van der Waals surface area (Å²) in [6.07, 6.45) is 3.79. The van der Waals surface area contributed by atoms with Crippen molar-refractivity contribution >= 4 is 0 Å². The average molecular weight is 227 g/mol. The standard InChI is InChI=1S/C15H17NO/c1-3-12-8-9-14(16-11-12)10-13-6-4-5-7-15(13)17-2/h4-9,11H,3,10H2,1-2H3. The largest absolute Gasteiger partial charge is 0.496 e. The summed E-state index contributed by atoms with van der Waals surface area (Å²) in [7, 11) is 1.70. The van der Waals surface area contributed by atoms with Gasteiger partial charge in [-0.15, -0.1) is 0 Å². The minimum atomic E-state index is 0.813. The van der Waals surface area contributed by atoms with Gasteiger partial charge in [0.15, 0.2) is 0 Å². The summed E-state index contributed by atoms with van der Waals surface area (Å²) in [4.78, 5) is 4.46. The van der Waals surface area contributed by atoms with E-state index >= 15 is 0 Å². The molecule has 0 aliphatic carbocycles. The molecule has 17 heavy (non-hydrogen) atoms. The molecule has 2 rings (SSSR count). The van der Waals surface area contributed by atoms with Crippen molar-refractivity contribution in [3.05, 3.63) is 59.4 Å². The summed E-state index contributed by atoms with van der Waals surface area (Å²) < 4.78 is 5.33. The molecule has 0 bridgehead atoms. The molecule has 1 aromatic heterocycles. The second kappa shape index (κ2) is 5.48. The van der Waals surface area contributed by atoms with Crippen LogP contribution in [0.25, 0.3) is 0 Å². The van der Waals surface area contributed by atoms with E-state index < -0.39 is 0 Å². The van der Waals surface area contributed by atoms with E-state index in [4.69, 9.17) is 4.74 Å². The number of pyridine rings is 1. The zero-order chi connectivity index (χ0) is 12.1. The number of aromatic nitrogens is 1. The maximum Gasteiger partial charge on any atom is 0.122 e. The molecule has 0 fully saturated rings. The van der Waals surface area contributed by atoms with Gasteiger partial charge in [-0.1, -0.05) is 31.2 Å². The Morgan fingerprint density at radius 3 is 2.59 bits per heavy atom. The molecule has 0 saturated carbocycles. The van der Waals surface area contributed by atoms with Crippen LogP contribution in [-0.4, -0.2) is 12.1 Å². The smallest absolute Gasteiger partial charge is 0.122 e. The number of ether oxygens (including phenoxy) is 1. The van der Waals surface area contributed by atoms with Crippen LogP contribution < -0.4 is 4.74 Å². The number of aryl methyl sites for hydroxylation is 1. The lowest BCUT2D eigenvalue weighted by Crippen LogP contribution is -1.96. The molecule has 2 aromatic rings. The number of para-hydroxylation sites is 1. The number of nitrogens with zero attached hydrogens (tertiary/aromatic N) is 1. The average Bonchev–Trinajstić information content (AvgIpc) is 2.40. The van der Waals surface area contributed by atoms with E-state index in [1.54, 1.807) is 7.11 Å². The predicted molar refractivity (Wildman–Crippen MR) is 69.4 cm³/mol. The zero-order valence-electron chi connectivity index (χ0n) is 10.3. The van der Waals surface area contributed by atoms with Crippen molar-refractivity contribution < 1.29 is 4.74 Å². The normalized spacial score (nSPS) is 10.2. The van der Waals surface area contributed by atoms with Gasteiger partial charge in [-0.05, 0) is 24.1 Å². The third-order valence-corrected chi connectivity index (χ3v) is 2.86. The van der Waals surface area contributed by atoms with E-state index in [1.165, 1.54) is 11.1 Å². The molecule has 0 N–H and O–H groups in total. The first-order valence-electron chi connectivity index (χ1n) is 5.89. The zero-order valence-corrected chi connectivity index (χ0v) is 10.3. The molecule has 0 spiro atoms. The van der Waals surface area contributed by atoms with Gasteiger partial charge in [0.05, 0.1) is 7.11 Å². The molecule has 0 aliphatic heterocycles. The highest BCUT2D eigenvalue weighted by Crippen LogP contribution is 2.20. The van der Waals surface area contributed by atoms with E-state index in [0.29, 0.717) is 0 Å². The first kappa shape index (κ1) is 11.6. The topological polar surface area (TPSA) is 22.1 Å². The molecule has 0 saturated heterocycles. The first-order valence-corrected chi connectivity index (χ1v) is 5.89. The van der Waals surface area contributed by atoms with Gasteiger partial charge in [0.1, 0.15) is 5.75 Å². The summed E-state index contributed by atoms with van der Waals surface area (Å²) in [6, 6.07) is 12.3. The highest BCUT2D eigenvalue weighted by Gasteiger charge is 2.03. The van der Waals surface area contributed by atoms with Crippen LogP contribution in [0.5, 0.6) is 5.75 Å². The Kier molecular flexibility index (Phi) is 3.76. The molecule has 1 heterocycles. The predicted octanol–water partition coefficient (Wildman–Crippen LogP) is 3.24. The van der Waals surface area contributed by atoms with Crippen LogP contribution in [0.2, 0.25) is 0 Å². The third kappa shape index (κ3) is 2.84. The Hall–Kier alpha value is -1.83. The second-order valence-electron chi connectivity index (χ2n) is 4.00. The van der Waals surface area contributed by atoms with Crippen molar-refractivity contribution in [3.63, 3.8) is 0 Å². The highest BCUT2D eigenvalue weighted by molar-refractivity contribution is 5.36. The summed E-state index contributed by atoms with van der Waals surface area (Å²) in [5, 5.41) is 0. The van der Waals surface area contributed by atoms with Crippen LogP contribution in [0.3, 0.4) is 0 Å². The maximum absolute atomic E-state index is 5.33. The Morgan fingerprint density at radius 1 is 1.12 bits per heavy atom. The van der Waals surface area contributed by atoms with E-state index in [9.17, 15) is 0 Å². The fraction of sp³-hybridized carbons (Fsp3) is 0.267. The Morgan fingerprint density at radius 2 is 1.94 bits per heavy atom. The fourth-order valence-corrected chi connectivity index (χ4v) is 1.81.